The minimum Gasteiger partial charge on any atom is -0.496 e. The van der Waals surface area contributed by atoms with Crippen molar-refractivity contribution in [2.24, 2.45) is 0 Å². The van der Waals surface area contributed by atoms with Crippen LogP contribution in [0.3, 0.4) is 0 Å². The minimum atomic E-state index is -0.249. The monoisotopic (exact) mass is 422 g/mol. The molecular formula is C23H30N6O2. The van der Waals surface area contributed by atoms with Gasteiger partial charge in [-0.05, 0) is 45.7 Å². The molecular weight excluding hydrogens is 392 g/mol. The van der Waals surface area contributed by atoms with Crippen molar-refractivity contribution in [2.75, 3.05) is 25.5 Å². The number of urea groups is 1. The van der Waals surface area contributed by atoms with Gasteiger partial charge in [0.1, 0.15) is 11.6 Å². The SMILES string of the molecule is COc1ccccc1-c1cnn2ccc(NCC3CCCN3C(=O)NC(C)(C)C)nc12. The Hall–Kier alpha value is -3.29. The molecule has 1 atom stereocenters. The molecule has 2 N–H and O–H groups in total. The van der Waals surface area contributed by atoms with Crippen LogP contribution in [0.2, 0.25) is 0 Å². The second-order valence-electron chi connectivity index (χ2n) is 8.89. The molecule has 1 aliphatic heterocycles. The number of methoxy groups -OCH3 is 1. The van der Waals surface area contributed by atoms with Crippen LogP contribution >= 0.6 is 0 Å². The maximum Gasteiger partial charge on any atom is 0.318 e. The number of para-hydroxylation sites is 1. The molecule has 1 aromatic carbocycles. The highest BCUT2D eigenvalue weighted by molar-refractivity contribution is 5.81. The quantitative estimate of drug-likeness (QED) is 0.654. The van der Waals surface area contributed by atoms with E-state index in [1.807, 2.05) is 62.2 Å². The summed E-state index contributed by atoms with van der Waals surface area (Å²) >= 11 is 0. The summed E-state index contributed by atoms with van der Waals surface area (Å²) in [7, 11) is 1.66. The van der Waals surface area contributed by atoms with E-state index in [0.29, 0.717) is 6.54 Å². The van der Waals surface area contributed by atoms with Crippen molar-refractivity contribution in [3.05, 3.63) is 42.7 Å². The molecule has 2 amide bonds. The summed E-state index contributed by atoms with van der Waals surface area (Å²) in [5, 5.41) is 10.9. The standard InChI is InChI=1S/C23H30N6O2/c1-23(2,3)27-22(30)28-12-7-8-16(28)14-24-20-11-13-29-21(26-20)18(15-25-29)17-9-5-6-10-19(17)31-4/h5-6,9-11,13,15-16H,7-8,12,14H2,1-4H3,(H,24,26)(H,27,30). The van der Waals surface area contributed by atoms with E-state index in [-0.39, 0.29) is 17.6 Å². The number of nitrogens with one attached hydrogen (secondary N) is 2. The molecule has 3 aromatic rings. The van der Waals surface area contributed by atoms with Crippen molar-refractivity contribution in [3.63, 3.8) is 0 Å². The maximum atomic E-state index is 12.6. The third-order valence-electron chi connectivity index (χ3n) is 5.40. The lowest BCUT2D eigenvalue weighted by molar-refractivity contribution is 0.185. The van der Waals surface area contributed by atoms with Crippen LogP contribution in [-0.4, -0.2) is 57.3 Å². The Labute approximate surface area is 182 Å². The first-order chi connectivity index (χ1) is 14.9. The summed E-state index contributed by atoms with van der Waals surface area (Å²) in [4.78, 5) is 19.4. The highest BCUT2D eigenvalue weighted by atomic mass is 16.5. The Morgan fingerprint density at radius 1 is 1.23 bits per heavy atom. The van der Waals surface area contributed by atoms with Gasteiger partial charge in [-0.15, -0.1) is 0 Å². The topological polar surface area (TPSA) is 83.8 Å². The van der Waals surface area contributed by atoms with Gasteiger partial charge in [0.25, 0.3) is 0 Å². The van der Waals surface area contributed by atoms with E-state index in [4.69, 9.17) is 9.72 Å². The van der Waals surface area contributed by atoms with Crippen molar-refractivity contribution in [2.45, 2.75) is 45.2 Å². The third kappa shape index (κ3) is 4.57. The summed E-state index contributed by atoms with van der Waals surface area (Å²) < 4.78 is 7.26. The van der Waals surface area contributed by atoms with Gasteiger partial charge in [-0.3, -0.25) is 0 Å². The number of nitrogens with zero attached hydrogens (tertiary/aromatic N) is 4. The third-order valence-corrected chi connectivity index (χ3v) is 5.40. The fourth-order valence-electron chi connectivity index (χ4n) is 3.95. The first-order valence-electron chi connectivity index (χ1n) is 10.7. The van der Waals surface area contributed by atoms with E-state index in [9.17, 15) is 4.79 Å². The number of fused-ring (bicyclic) bond motifs is 1. The van der Waals surface area contributed by atoms with Crippen LogP contribution in [0.4, 0.5) is 10.6 Å². The van der Waals surface area contributed by atoms with Gasteiger partial charge in [-0.1, -0.05) is 18.2 Å². The number of carbonyl (C=O) groups excluding carboxylic acids is 1. The van der Waals surface area contributed by atoms with Crippen LogP contribution in [0.15, 0.2) is 42.7 Å². The zero-order valence-corrected chi connectivity index (χ0v) is 18.6. The van der Waals surface area contributed by atoms with Gasteiger partial charge in [0.2, 0.25) is 0 Å². The average Bonchev–Trinajstić information content (AvgIpc) is 3.37. The van der Waals surface area contributed by atoms with Gasteiger partial charge < -0.3 is 20.3 Å². The molecule has 1 fully saturated rings. The number of carbonyl (C=O) groups is 1. The molecule has 164 valence electrons. The van der Waals surface area contributed by atoms with Gasteiger partial charge in [0, 0.05) is 30.4 Å². The number of hydrogen-bond acceptors (Lipinski definition) is 5. The second-order valence-corrected chi connectivity index (χ2v) is 8.89. The molecule has 1 unspecified atom stereocenters. The molecule has 0 bridgehead atoms. The van der Waals surface area contributed by atoms with E-state index >= 15 is 0 Å². The molecule has 8 heteroatoms. The van der Waals surface area contributed by atoms with Crippen LogP contribution in [-0.2, 0) is 0 Å². The predicted octanol–water partition coefficient (Wildman–Crippen LogP) is 3.79. The smallest absolute Gasteiger partial charge is 0.318 e. The highest BCUT2D eigenvalue weighted by Crippen LogP contribution is 2.32. The molecule has 1 saturated heterocycles. The second kappa shape index (κ2) is 8.45. The molecule has 0 spiro atoms. The van der Waals surface area contributed by atoms with Crippen molar-refractivity contribution >= 4 is 17.5 Å². The molecule has 31 heavy (non-hydrogen) atoms. The Morgan fingerprint density at radius 3 is 2.81 bits per heavy atom. The summed E-state index contributed by atoms with van der Waals surface area (Å²) in [6.07, 6.45) is 5.69. The van der Waals surface area contributed by atoms with Gasteiger partial charge in [-0.2, -0.15) is 5.10 Å². The molecule has 2 aromatic heterocycles. The zero-order valence-electron chi connectivity index (χ0n) is 18.6. The van der Waals surface area contributed by atoms with Crippen LogP contribution < -0.4 is 15.4 Å². The minimum absolute atomic E-state index is 0.00513. The van der Waals surface area contributed by atoms with Gasteiger partial charge in [-0.25, -0.2) is 14.3 Å². The van der Waals surface area contributed by atoms with Gasteiger partial charge >= 0.3 is 6.03 Å². The van der Waals surface area contributed by atoms with Gasteiger partial charge in [0.15, 0.2) is 5.65 Å². The maximum absolute atomic E-state index is 12.6. The number of likely N-dealkylation sites (tertiary alicyclic amines) is 1. The Balaban J connectivity index is 1.51. The molecule has 0 radical (unpaired) electrons. The average molecular weight is 423 g/mol. The van der Waals surface area contributed by atoms with Crippen LogP contribution in [0.25, 0.3) is 16.8 Å². The number of ether oxygens (including phenoxy) is 1. The largest absolute Gasteiger partial charge is 0.496 e. The molecule has 3 heterocycles. The van der Waals surface area contributed by atoms with E-state index in [1.54, 1.807) is 17.8 Å². The summed E-state index contributed by atoms with van der Waals surface area (Å²) in [6.45, 7) is 7.43. The Bertz CT molecular complexity index is 1070. The number of benzene rings is 1. The van der Waals surface area contributed by atoms with Crippen LogP contribution in [0, 0.1) is 0 Å². The first kappa shape index (κ1) is 21.0. The molecule has 0 aliphatic carbocycles. The van der Waals surface area contributed by atoms with E-state index in [0.717, 1.165) is 47.7 Å². The fraction of sp³-hybridized carbons (Fsp3) is 0.435. The van der Waals surface area contributed by atoms with E-state index < -0.39 is 0 Å². The predicted molar refractivity (Wildman–Crippen MR) is 121 cm³/mol. The van der Waals surface area contributed by atoms with Crippen molar-refractivity contribution < 1.29 is 9.53 Å². The van der Waals surface area contributed by atoms with Crippen LogP contribution in [0.1, 0.15) is 33.6 Å². The lowest BCUT2D eigenvalue weighted by Gasteiger charge is -2.29. The van der Waals surface area contributed by atoms with Crippen molar-refractivity contribution in [1.82, 2.24) is 24.8 Å². The highest BCUT2D eigenvalue weighted by Gasteiger charge is 2.30. The molecule has 0 saturated carbocycles. The van der Waals surface area contributed by atoms with E-state index in [1.165, 1.54) is 0 Å². The number of amides is 2. The number of rotatable bonds is 5. The summed E-state index contributed by atoms with van der Waals surface area (Å²) in [6, 6.07) is 9.88. The van der Waals surface area contributed by atoms with E-state index in [2.05, 4.69) is 15.7 Å². The molecule has 4 rings (SSSR count). The first-order valence-corrected chi connectivity index (χ1v) is 10.7. The van der Waals surface area contributed by atoms with Crippen molar-refractivity contribution in [1.29, 1.82) is 0 Å². The van der Waals surface area contributed by atoms with Crippen molar-refractivity contribution in [3.8, 4) is 16.9 Å². The van der Waals surface area contributed by atoms with Crippen LogP contribution in [0.5, 0.6) is 5.75 Å². The fourth-order valence-corrected chi connectivity index (χ4v) is 3.95. The Morgan fingerprint density at radius 2 is 2.03 bits per heavy atom. The zero-order chi connectivity index (χ0) is 22.0. The normalized spacial score (nSPS) is 16.5. The Kier molecular flexibility index (Phi) is 5.71. The lowest BCUT2D eigenvalue weighted by atomic mass is 10.1. The lowest BCUT2D eigenvalue weighted by Crippen LogP contribution is -2.51. The molecule has 8 nitrogen and oxygen atoms in total. The number of anilines is 1. The number of aromatic nitrogens is 3. The number of hydrogen-bond donors (Lipinski definition) is 2. The summed E-state index contributed by atoms with van der Waals surface area (Å²) in [5.41, 5.74) is 2.36. The molecule has 1 aliphatic rings. The van der Waals surface area contributed by atoms with Gasteiger partial charge in [0.05, 0.1) is 24.9 Å². The summed E-state index contributed by atoms with van der Waals surface area (Å²) in [5.74, 6) is 1.54.